The lowest BCUT2D eigenvalue weighted by Crippen LogP contribution is -2.13. The summed E-state index contributed by atoms with van der Waals surface area (Å²) in [5.74, 6) is 0.753. The van der Waals surface area contributed by atoms with Gasteiger partial charge in [0.2, 0.25) is 0 Å². The summed E-state index contributed by atoms with van der Waals surface area (Å²) in [7, 11) is 0. The number of nitrogens with zero attached hydrogens (tertiary/aromatic N) is 1. The normalized spacial score (nSPS) is 16.6. The fourth-order valence-electron chi connectivity index (χ4n) is 2.43. The lowest BCUT2D eigenvalue weighted by Gasteiger charge is -2.21. The van der Waals surface area contributed by atoms with Crippen molar-refractivity contribution in [2.75, 3.05) is 6.61 Å². The molecule has 1 fully saturated rings. The molecule has 0 aromatic heterocycles. The molecule has 1 aliphatic rings. The first-order valence-electron chi connectivity index (χ1n) is 6.45. The molecule has 1 aliphatic carbocycles. The SMILES string of the molecule is N#Cc1cccc(COCC2CCCCC2)c1. The summed E-state index contributed by atoms with van der Waals surface area (Å²) in [5.41, 5.74) is 1.81. The van der Waals surface area contributed by atoms with Crippen molar-refractivity contribution in [3.63, 3.8) is 0 Å². The molecule has 0 atom stereocenters. The Morgan fingerprint density at radius 2 is 2.06 bits per heavy atom. The van der Waals surface area contributed by atoms with Crippen LogP contribution in [0, 0.1) is 17.2 Å². The van der Waals surface area contributed by atoms with Crippen LogP contribution in [0.1, 0.15) is 43.2 Å². The summed E-state index contributed by atoms with van der Waals surface area (Å²) in [4.78, 5) is 0. The van der Waals surface area contributed by atoms with Crippen molar-refractivity contribution >= 4 is 0 Å². The molecule has 0 heterocycles. The van der Waals surface area contributed by atoms with Gasteiger partial charge in [-0.3, -0.25) is 0 Å². The maximum absolute atomic E-state index is 8.80. The molecule has 0 aliphatic heterocycles. The van der Waals surface area contributed by atoms with E-state index in [1.807, 2.05) is 24.3 Å². The summed E-state index contributed by atoms with van der Waals surface area (Å²) >= 11 is 0. The van der Waals surface area contributed by atoms with Crippen LogP contribution in [0.15, 0.2) is 24.3 Å². The van der Waals surface area contributed by atoms with Crippen molar-refractivity contribution in [3.05, 3.63) is 35.4 Å². The highest BCUT2D eigenvalue weighted by atomic mass is 16.5. The maximum Gasteiger partial charge on any atom is 0.0991 e. The van der Waals surface area contributed by atoms with Crippen LogP contribution in [0.5, 0.6) is 0 Å². The highest BCUT2D eigenvalue weighted by Gasteiger charge is 2.13. The number of rotatable bonds is 4. The van der Waals surface area contributed by atoms with Crippen molar-refractivity contribution in [1.82, 2.24) is 0 Å². The van der Waals surface area contributed by atoms with Crippen LogP contribution in [-0.2, 0) is 11.3 Å². The van der Waals surface area contributed by atoms with E-state index >= 15 is 0 Å². The van der Waals surface area contributed by atoms with Gasteiger partial charge in [-0.15, -0.1) is 0 Å². The third-order valence-corrected chi connectivity index (χ3v) is 3.40. The van der Waals surface area contributed by atoms with E-state index < -0.39 is 0 Å². The van der Waals surface area contributed by atoms with Gasteiger partial charge >= 0.3 is 0 Å². The fourth-order valence-corrected chi connectivity index (χ4v) is 2.43. The molecule has 0 amide bonds. The summed E-state index contributed by atoms with van der Waals surface area (Å²) in [5, 5.41) is 8.80. The van der Waals surface area contributed by atoms with Crippen LogP contribution < -0.4 is 0 Å². The van der Waals surface area contributed by atoms with Crippen LogP contribution >= 0.6 is 0 Å². The zero-order valence-electron chi connectivity index (χ0n) is 10.2. The lowest BCUT2D eigenvalue weighted by atomic mass is 9.90. The fraction of sp³-hybridized carbons (Fsp3) is 0.533. The lowest BCUT2D eigenvalue weighted by molar-refractivity contribution is 0.0739. The van der Waals surface area contributed by atoms with E-state index in [2.05, 4.69) is 6.07 Å². The Kier molecular flexibility index (Phi) is 4.58. The molecule has 1 saturated carbocycles. The van der Waals surface area contributed by atoms with E-state index in [-0.39, 0.29) is 0 Å². The van der Waals surface area contributed by atoms with Gasteiger partial charge in [-0.1, -0.05) is 31.4 Å². The smallest absolute Gasteiger partial charge is 0.0991 e. The number of hydrogen-bond acceptors (Lipinski definition) is 2. The van der Waals surface area contributed by atoms with Gasteiger partial charge in [0, 0.05) is 6.61 Å². The van der Waals surface area contributed by atoms with Crippen molar-refractivity contribution in [3.8, 4) is 6.07 Å². The molecular weight excluding hydrogens is 210 g/mol. The third-order valence-electron chi connectivity index (χ3n) is 3.40. The molecule has 0 spiro atoms. The number of nitriles is 1. The van der Waals surface area contributed by atoms with Gasteiger partial charge in [-0.05, 0) is 36.5 Å². The first-order valence-corrected chi connectivity index (χ1v) is 6.45. The summed E-state index contributed by atoms with van der Waals surface area (Å²) < 4.78 is 5.75. The van der Waals surface area contributed by atoms with Crippen molar-refractivity contribution in [2.45, 2.75) is 38.7 Å². The average molecular weight is 229 g/mol. The van der Waals surface area contributed by atoms with Crippen LogP contribution in [0.2, 0.25) is 0 Å². The zero-order chi connectivity index (χ0) is 11.9. The average Bonchev–Trinajstić information content (AvgIpc) is 2.40. The topological polar surface area (TPSA) is 33.0 Å². The van der Waals surface area contributed by atoms with Gasteiger partial charge in [0.15, 0.2) is 0 Å². The van der Waals surface area contributed by atoms with Gasteiger partial charge in [-0.2, -0.15) is 5.26 Å². The summed E-state index contributed by atoms with van der Waals surface area (Å²) in [6, 6.07) is 9.81. The monoisotopic (exact) mass is 229 g/mol. The molecule has 1 aromatic rings. The second-order valence-corrected chi connectivity index (χ2v) is 4.83. The summed E-state index contributed by atoms with van der Waals surface area (Å²) in [6.07, 6.45) is 6.74. The van der Waals surface area contributed by atoms with Gasteiger partial charge < -0.3 is 4.74 Å². The Labute approximate surface area is 103 Å². The van der Waals surface area contributed by atoms with Gasteiger partial charge in [-0.25, -0.2) is 0 Å². The third kappa shape index (κ3) is 3.87. The Hall–Kier alpha value is -1.33. The van der Waals surface area contributed by atoms with Crippen LogP contribution in [0.4, 0.5) is 0 Å². The van der Waals surface area contributed by atoms with E-state index in [4.69, 9.17) is 10.00 Å². The van der Waals surface area contributed by atoms with Crippen molar-refractivity contribution < 1.29 is 4.74 Å². The predicted octanol–water partition coefficient (Wildman–Crippen LogP) is 3.66. The minimum atomic E-state index is 0.631. The first kappa shape index (κ1) is 12.1. The summed E-state index contributed by atoms with van der Waals surface area (Å²) in [6.45, 7) is 1.50. The predicted molar refractivity (Wildman–Crippen MR) is 67.4 cm³/mol. The molecule has 90 valence electrons. The number of ether oxygens (including phenoxy) is 1. The van der Waals surface area contributed by atoms with E-state index in [0.717, 1.165) is 18.1 Å². The number of benzene rings is 1. The largest absolute Gasteiger partial charge is 0.376 e. The molecule has 2 heteroatoms. The van der Waals surface area contributed by atoms with Crippen molar-refractivity contribution in [2.24, 2.45) is 5.92 Å². The molecule has 2 nitrogen and oxygen atoms in total. The van der Waals surface area contributed by atoms with E-state index in [0.29, 0.717) is 12.2 Å². The molecule has 0 N–H and O–H groups in total. The molecule has 1 aromatic carbocycles. The molecular formula is C15H19NO. The Morgan fingerprint density at radius 1 is 1.24 bits per heavy atom. The van der Waals surface area contributed by atoms with Crippen molar-refractivity contribution in [1.29, 1.82) is 5.26 Å². The second-order valence-electron chi connectivity index (χ2n) is 4.83. The quantitative estimate of drug-likeness (QED) is 0.789. The van der Waals surface area contributed by atoms with Crippen LogP contribution in [-0.4, -0.2) is 6.61 Å². The first-order chi connectivity index (χ1) is 8.38. The van der Waals surface area contributed by atoms with E-state index in [1.54, 1.807) is 0 Å². The van der Waals surface area contributed by atoms with E-state index in [9.17, 15) is 0 Å². The second kappa shape index (κ2) is 6.42. The maximum atomic E-state index is 8.80. The minimum Gasteiger partial charge on any atom is -0.376 e. The molecule has 0 radical (unpaired) electrons. The standard InChI is InChI=1S/C15H19NO/c16-10-14-7-4-8-15(9-14)12-17-11-13-5-2-1-3-6-13/h4,7-9,13H,1-3,5-6,11-12H2. The van der Waals surface area contributed by atoms with Gasteiger partial charge in [0.1, 0.15) is 0 Å². The van der Waals surface area contributed by atoms with Gasteiger partial charge in [0.05, 0.1) is 18.2 Å². The molecule has 0 saturated heterocycles. The highest BCUT2D eigenvalue weighted by molar-refractivity contribution is 5.32. The Bertz CT molecular complexity index is 388. The molecule has 0 bridgehead atoms. The minimum absolute atomic E-state index is 0.631. The van der Waals surface area contributed by atoms with Crippen LogP contribution in [0.3, 0.4) is 0 Å². The zero-order valence-corrected chi connectivity index (χ0v) is 10.2. The number of hydrogen-bond donors (Lipinski definition) is 0. The van der Waals surface area contributed by atoms with Gasteiger partial charge in [0.25, 0.3) is 0 Å². The van der Waals surface area contributed by atoms with E-state index in [1.165, 1.54) is 32.1 Å². The van der Waals surface area contributed by atoms with Crippen LogP contribution in [0.25, 0.3) is 0 Å². The molecule has 17 heavy (non-hydrogen) atoms. The molecule has 0 unspecified atom stereocenters. The Balaban J connectivity index is 1.75. The Morgan fingerprint density at radius 3 is 2.82 bits per heavy atom. The molecule has 2 rings (SSSR count). The highest BCUT2D eigenvalue weighted by Crippen LogP contribution is 2.23.